The van der Waals surface area contributed by atoms with Gasteiger partial charge in [0.15, 0.2) is 17.4 Å². The minimum Gasteiger partial charge on any atom is -0.497 e. The van der Waals surface area contributed by atoms with Gasteiger partial charge in [-0.1, -0.05) is 24.8 Å². The van der Waals surface area contributed by atoms with Gasteiger partial charge < -0.3 is 9.47 Å². The maximum atomic E-state index is 14.1. The molecule has 116 valence electrons. The average Bonchev–Trinajstić information content (AvgIpc) is 2.54. The van der Waals surface area contributed by atoms with E-state index < -0.39 is 34.6 Å². The van der Waals surface area contributed by atoms with Crippen LogP contribution in [-0.2, 0) is 0 Å². The van der Waals surface area contributed by atoms with E-state index in [4.69, 9.17) is 4.74 Å². The van der Waals surface area contributed by atoms with E-state index in [0.717, 1.165) is 0 Å². The Morgan fingerprint density at radius 2 is 1.50 bits per heavy atom. The van der Waals surface area contributed by atoms with Crippen molar-refractivity contribution in [1.29, 1.82) is 0 Å². The van der Waals surface area contributed by atoms with Gasteiger partial charge in [0.1, 0.15) is 12.4 Å². The third-order valence-corrected chi connectivity index (χ3v) is 2.95. The van der Waals surface area contributed by atoms with Crippen molar-refractivity contribution in [3.05, 3.63) is 60.2 Å². The van der Waals surface area contributed by atoms with Crippen LogP contribution in [0.4, 0.5) is 17.6 Å². The molecule has 6 heteroatoms. The number of halogens is 4. The molecule has 0 saturated heterocycles. The molecule has 2 nitrogen and oxygen atoms in total. The summed E-state index contributed by atoms with van der Waals surface area (Å²) in [5.41, 5.74) is -0.826. The quantitative estimate of drug-likeness (QED) is 0.460. The molecule has 0 N–H and O–H groups in total. The molecule has 2 aromatic rings. The van der Waals surface area contributed by atoms with Gasteiger partial charge in [-0.3, -0.25) is 0 Å². The minimum atomic E-state index is -1.59. The van der Waals surface area contributed by atoms with E-state index in [1.54, 1.807) is 0 Å². The smallest absolute Gasteiger partial charge is 0.204 e. The Morgan fingerprint density at radius 3 is 1.95 bits per heavy atom. The van der Waals surface area contributed by atoms with Crippen molar-refractivity contribution in [2.24, 2.45) is 0 Å². The fraction of sp³-hybridized carbons (Fsp3) is 0.125. The lowest BCUT2D eigenvalue weighted by molar-refractivity contribution is 0.303. The number of benzene rings is 2. The summed E-state index contributed by atoms with van der Waals surface area (Å²) in [7, 11) is 1.42. The van der Waals surface area contributed by atoms with Crippen LogP contribution in [0, 0.1) is 23.3 Å². The number of ether oxygens (including phenoxy) is 2. The van der Waals surface area contributed by atoms with Gasteiger partial charge in [0.05, 0.1) is 12.7 Å². The Morgan fingerprint density at radius 1 is 0.955 bits per heavy atom. The van der Waals surface area contributed by atoms with Crippen molar-refractivity contribution in [2.45, 2.75) is 0 Å². The van der Waals surface area contributed by atoms with Gasteiger partial charge >= 0.3 is 0 Å². The molecule has 0 radical (unpaired) electrons. The summed E-state index contributed by atoms with van der Waals surface area (Å²) in [6.07, 6.45) is 1.20. The highest BCUT2D eigenvalue weighted by atomic mass is 19.2. The predicted molar refractivity (Wildman–Crippen MR) is 74.0 cm³/mol. The Hall–Kier alpha value is -2.50. The molecule has 0 bridgehead atoms. The van der Waals surface area contributed by atoms with Crippen molar-refractivity contribution in [3.8, 4) is 22.6 Å². The van der Waals surface area contributed by atoms with Crippen molar-refractivity contribution in [3.63, 3.8) is 0 Å². The van der Waals surface area contributed by atoms with Crippen molar-refractivity contribution >= 4 is 0 Å². The van der Waals surface area contributed by atoms with E-state index in [9.17, 15) is 17.6 Å². The standard InChI is InChI=1S/C16H12F4O2/c1-3-8-22-16-14(19)12(17)11(13(18)15(16)20)9-4-6-10(21-2)7-5-9/h3-7H,1,8H2,2H3. The van der Waals surface area contributed by atoms with Gasteiger partial charge in [0.25, 0.3) is 0 Å². The summed E-state index contributed by atoms with van der Waals surface area (Å²) < 4.78 is 65.5. The largest absolute Gasteiger partial charge is 0.497 e. The summed E-state index contributed by atoms with van der Waals surface area (Å²) >= 11 is 0. The number of hydrogen-bond acceptors (Lipinski definition) is 2. The van der Waals surface area contributed by atoms with E-state index >= 15 is 0 Å². The van der Waals surface area contributed by atoms with Crippen LogP contribution in [0.1, 0.15) is 0 Å². The zero-order valence-electron chi connectivity index (χ0n) is 11.6. The van der Waals surface area contributed by atoms with E-state index in [0.29, 0.717) is 5.75 Å². The van der Waals surface area contributed by atoms with Gasteiger partial charge in [-0.2, -0.15) is 8.78 Å². The van der Waals surface area contributed by atoms with Gasteiger partial charge in [0.2, 0.25) is 11.6 Å². The Kier molecular flexibility index (Phi) is 4.70. The van der Waals surface area contributed by atoms with E-state index in [2.05, 4.69) is 11.3 Å². The first kappa shape index (κ1) is 15.9. The molecule has 0 saturated carbocycles. The van der Waals surface area contributed by atoms with Crippen LogP contribution >= 0.6 is 0 Å². The fourth-order valence-electron chi connectivity index (χ4n) is 1.89. The van der Waals surface area contributed by atoms with E-state index in [1.807, 2.05) is 0 Å². The molecule has 0 heterocycles. The summed E-state index contributed by atoms with van der Waals surface area (Å²) in [4.78, 5) is 0. The van der Waals surface area contributed by atoms with Crippen LogP contribution in [-0.4, -0.2) is 13.7 Å². The van der Waals surface area contributed by atoms with Crippen molar-refractivity contribution in [1.82, 2.24) is 0 Å². The second-order valence-corrected chi connectivity index (χ2v) is 4.29. The first-order valence-corrected chi connectivity index (χ1v) is 6.25. The monoisotopic (exact) mass is 312 g/mol. The van der Waals surface area contributed by atoms with Crippen LogP contribution in [0.25, 0.3) is 11.1 Å². The summed E-state index contributed by atoms with van der Waals surface area (Å²) in [6.45, 7) is 3.01. The molecule has 0 aliphatic carbocycles. The summed E-state index contributed by atoms with van der Waals surface area (Å²) in [5, 5.41) is 0. The van der Waals surface area contributed by atoms with Crippen molar-refractivity contribution < 1.29 is 27.0 Å². The lowest BCUT2D eigenvalue weighted by Crippen LogP contribution is -2.06. The Balaban J connectivity index is 2.59. The second kappa shape index (κ2) is 6.51. The molecular formula is C16H12F4O2. The van der Waals surface area contributed by atoms with Crippen LogP contribution in [0.3, 0.4) is 0 Å². The first-order valence-electron chi connectivity index (χ1n) is 6.25. The molecule has 2 aromatic carbocycles. The van der Waals surface area contributed by atoms with Gasteiger partial charge in [-0.15, -0.1) is 0 Å². The maximum Gasteiger partial charge on any atom is 0.204 e. The van der Waals surface area contributed by atoms with Crippen molar-refractivity contribution in [2.75, 3.05) is 13.7 Å². The maximum absolute atomic E-state index is 14.1. The highest BCUT2D eigenvalue weighted by Gasteiger charge is 2.27. The predicted octanol–water partition coefficient (Wildman–Crippen LogP) is 4.48. The number of methoxy groups -OCH3 is 1. The molecule has 22 heavy (non-hydrogen) atoms. The molecule has 0 atom stereocenters. The molecule has 0 spiro atoms. The molecule has 0 amide bonds. The third kappa shape index (κ3) is 2.77. The molecule has 0 fully saturated rings. The lowest BCUT2D eigenvalue weighted by Gasteiger charge is -2.12. The van der Waals surface area contributed by atoms with Crippen LogP contribution in [0.15, 0.2) is 36.9 Å². The average molecular weight is 312 g/mol. The molecule has 0 aliphatic heterocycles. The normalized spacial score (nSPS) is 10.4. The van der Waals surface area contributed by atoms with Crippen LogP contribution in [0.5, 0.6) is 11.5 Å². The SMILES string of the molecule is C=CCOc1c(F)c(F)c(-c2ccc(OC)cc2)c(F)c1F. The minimum absolute atomic E-state index is 0.0242. The third-order valence-electron chi connectivity index (χ3n) is 2.95. The van der Waals surface area contributed by atoms with Crippen LogP contribution in [0.2, 0.25) is 0 Å². The summed E-state index contributed by atoms with van der Waals surface area (Å²) in [5.74, 6) is -6.90. The lowest BCUT2D eigenvalue weighted by atomic mass is 10.0. The Labute approximate surface area is 124 Å². The van der Waals surface area contributed by atoms with Crippen LogP contribution < -0.4 is 9.47 Å². The topological polar surface area (TPSA) is 18.5 Å². The van der Waals surface area contributed by atoms with Gasteiger partial charge in [0, 0.05) is 0 Å². The van der Waals surface area contributed by atoms with Gasteiger partial charge in [-0.25, -0.2) is 8.78 Å². The fourth-order valence-corrected chi connectivity index (χ4v) is 1.89. The zero-order valence-corrected chi connectivity index (χ0v) is 11.6. The molecule has 2 rings (SSSR count). The Bertz CT molecular complexity index is 667. The van der Waals surface area contributed by atoms with E-state index in [1.165, 1.54) is 37.5 Å². The highest BCUT2D eigenvalue weighted by Crippen LogP contribution is 2.36. The zero-order chi connectivity index (χ0) is 16.3. The molecule has 0 aliphatic rings. The second-order valence-electron chi connectivity index (χ2n) is 4.29. The van der Waals surface area contributed by atoms with E-state index in [-0.39, 0.29) is 12.2 Å². The summed E-state index contributed by atoms with van der Waals surface area (Å²) in [6, 6.07) is 5.44. The molecular weight excluding hydrogens is 300 g/mol. The molecule has 0 aromatic heterocycles. The number of hydrogen-bond donors (Lipinski definition) is 0. The van der Waals surface area contributed by atoms with Gasteiger partial charge in [-0.05, 0) is 17.7 Å². The highest BCUT2D eigenvalue weighted by molar-refractivity contribution is 5.67. The first-order chi connectivity index (χ1) is 10.5. The number of rotatable bonds is 5. The molecule has 0 unspecified atom stereocenters.